The van der Waals surface area contributed by atoms with Gasteiger partial charge in [-0.05, 0) is 42.9 Å². The van der Waals surface area contributed by atoms with Gasteiger partial charge in [0.25, 0.3) is 0 Å². The fraction of sp³-hybridized carbons (Fsp3) is 0.571. The molecule has 6 heteroatoms. The van der Waals surface area contributed by atoms with Crippen LogP contribution in [0, 0.1) is 11.8 Å². The Morgan fingerprint density at radius 2 is 2.20 bits per heavy atom. The normalized spacial score (nSPS) is 22.6. The van der Waals surface area contributed by atoms with Crippen LogP contribution in [-0.4, -0.2) is 31.9 Å². The van der Waals surface area contributed by atoms with E-state index in [1.54, 1.807) is 0 Å². The third kappa shape index (κ3) is 4.74. The summed E-state index contributed by atoms with van der Waals surface area (Å²) in [5, 5.41) is 0.828. The van der Waals surface area contributed by atoms with Crippen molar-refractivity contribution in [2.75, 3.05) is 23.4 Å². The Morgan fingerprint density at radius 1 is 1.40 bits per heavy atom. The Morgan fingerprint density at radius 3 is 2.80 bits per heavy atom. The van der Waals surface area contributed by atoms with Crippen LogP contribution >= 0.6 is 31.9 Å². The Kier molecular flexibility index (Phi) is 5.93. The highest BCUT2D eigenvalue weighted by molar-refractivity contribution is 9.10. The average Bonchev–Trinajstić information content (AvgIpc) is 2.75. The molecule has 0 aliphatic carbocycles. The first kappa shape index (κ1) is 16.3. The average molecular weight is 426 g/mol. The lowest BCUT2D eigenvalue weighted by Crippen LogP contribution is -2.20. The summed E-state index contributed by atoms with van der Waals surface area (Å²) in [6.45, 7) is 0.614. The topological polar surface area (TPSA) is 43.4 Å². The molecule has 1 aromatic rings. The predicted octanol–water partition coefficient (Wildman–Crippen LogP) is 3.66. The summed E-state index contributed by atoms with van der Waals surface area (Å²) in [5.74, 6) is 2.14. The maximum absolute atomic E-state index is 11.5. The first-order valence-electron chi connectivity index (χ1n) is 6.65. The molecule has 0 saturated carbocycles. The second-order valence-electron chi connectivity index (χ2n) is 5.17. The van der Waals surface area contributed by atoms with Crippen molar-refractivity contribution in [3.63, 3.8) is 0 Å². The van der Waals surface area contributed by atoms with E-state index in [2.05, 4.69) is 31.9 Å². The maximum Gasteiger partial charge on any atom is 0.150 e. The van der Waals surface area contributed by atoms with Gasteiger partial charge in [0.15, 0.2) is 9.84 Å². The van der Waals surface area contributed by atoms with Crippen molar-refractivity contribution in [3.8, 4) is 5.75 Å². The highest BCUT2D eigenvalue weighted by Gasteiger charge is 2.32. The van der Waals surface area contributed by atoms with Crippen LogP contribution in [0.4, 0.5) is 0 Å². The van der Waals surface area contributed by atoms with Gasteiger partial charge in [-0.1, -0.05) is 37.9 Å². The van der Waals surface area contributed by atoms with Crippen LogP contribution < -0.4 is 4.74 Å². The van der Waals surface area contributed by atoms with Gasteiger partial charge in [0.05, 0.1) is 18.1 Å². The van der Waals surface area contributed by atoms with E-state index < -0.39 is 9.84 Å². The summed E-state index contributed by atoms with van der Waals surface area (Å²) in [4.78, 5) is 0. The first-order chi connectivity index (χ1) is 9.50. The summed E-state index contributed by atoms with van der Waals surface area (Å²) < 4.78 is 29.8. The molecule has 1 aromatic carbocycles. The molecule has 0 N–H and O–H groups in total. The highest BCUT2D eigenvalue weighted by Crippen LogP contribution is 2.29. The molecule has 0 spiro atoms. The third-order valence-electron chi connectivity index (χ3n) is 3.69. The molecule has 0 aromatic heterocycles. The van der Waals surface area contributed by atoms with Crippen molar-refractivity contribution in [2.24, 2.45) is 11.8 Å². The van der Waals surface area contributed by atoms with Crippen LogP contribution in [0.15, 0.2) is 28.7 Å². The molecule has 112 valence electrons. The molecule has 1 aliphatic heterocycles. The standard InChI is InChI=1S/C14H18Br2O3S/c15-9-11(12-5-7-20(17,18)10-12)4-6-19-14-3-1-2-13(16)8-14/h1-3,8,11-12H,4-7,9-10H2. The minimum atomic E-state index is -2.80. The smallest absolute Gasteiger partial charge is 0.150 e. The molecule has 2 rings (SSSR count). The van der Waals surface area contributed by atoms with Crippen molar-refractivity contribution in [3.05, 3.63) is 28.7 Å². The Hall–Kier alpha value is -0.0700. The van der Waals surface area contributed by atoms with Gasteiger partial charge in [-0.3, -0.25) is 0 Å². The molecule has 1 aliphatic rings. The Labute approximate surface area is 137 Å². The lowest BCUT2D eigenvalue weighted by Gasteiger charge is -2.20. The van der Waals surface area contributed by atoms with Gasteiger partial charge in [0.2, 0.25) is 0 Å². The van der Waals surface area contributed by atoms with Crippen LogP contribution in [0.3, 0.4) is 0 Å². The van der Waals surface area contributed by atoms with E-state index in [0.29, 0.717) is 24.0 Å². The predicted molar refractivity (Wildman–Crippen MR) is 88.3 cm³/mol. The molecule has 1 fully saturated rings. The summed E-state index contributed by atoms with van der Waals surface area (Å²) in [6.07, 6.45) is 1.66. The molecule has 2 unspecified atom stereocenters. The summed E-state index contributed by atoms with van der Waals surface area (Å²) in [6, 6.07) is 7.75. The van der Waals surface area contributed by atoms with Crippen molar-refractivity contribution in [1.82, 2.24) is 0 Å². The molecule has 2 atom stereocenters. The summed E-state index contributed by atoms with van der Waals surface area (Å²) in [7, 11) is -2.80. The van der Waals surface area contributed by atoms with Gasteiger partial charge in [-0.15, -0.1) is 0 Å². The number of hydrogen-bond acceptors (Lipinski definition) is 3. The lowest BCUT2D eigenvalue weighted by molar-refractivity contribution is 0.257. The van der Waals surface area contributed by atoms with Crippen LogP contribution in [-0.2, 0) is 9.84 Å². The monoisotopic (exact) mass is 424 g/mol. The number of alkyl halides is 1. The van der Waals surface area contributed by atoms with Gasteiger partial charge in [-0.2, -0.15) is 0 Å². The minimum absolute atomic E-state index is 0.269. The summed E-state index contributed by atoms with van der Waals surface area (Å²) in [5.41, 5.74) is 0. The fourth-order valence-corrected chi connectivity index (χ4v) is 5.67. The van der Waals surface area contributed by atoms with Crippen LogP contribution in [0.25, 0.3) is 0 Å². The Bertz CT molecular complexity index is 545. The largest absolute Gasteiger partial charge is 0.494 e. The van der Waals surface area contributed by atoms with E-state index >= 15 is 0 Å². The maximum atomic E-state index is 11.5. The number of rotatable bonds is 6. The number of hydrogen-bond donors (Lipinski definition) is 0. The van der Waals surface area contributed by atoms with E-state index in [1.165, 1.54) is 0 Å². The number of ether oxygens (including phenoxy) is 1. The second-order valence-corrected chi connectivity index (χ2v) is 8.96. The molecule has 1 saturated heterocycles. The van der Waals surface area contributed by atoms with E-state index in [9.17, 15) is 8.42 Å². The number of halogens is 2. The molecule has 0 radical (unpaired) electrons. The van der Waals surface area contributed by atoms with Crippen LogP contribution in [0.1, 0.15) is 12.8 Å². The second kappa shape index (κ2) is 7.27. The van der Waals surface area contributed by atoms with Crippen molar-refractivity contribution < 1.29 is 13.2 Å². The zero-order chi connectivity index (χ0) is 14.6. The first-order valence-corrected chi connectivity index (χ1v) is 10.4. The number of sulfone groups is 1. The lowest BCUT2D eigenvalue weighted by atomic mass is 9.91. The minimum Gasteiger partial charge on any atom is -0.494 e. The van der Waals surface area contributed by atoms with Crippen molar-refractivity contribution in [2.45, 2.75) is 12.8 Å². The van der Waals surface area contributed by atoms with Gasteiger partial charge in [-0.25, -0.2) is 8.42 Å². The van der Waals surface area contributed by atoms with Gasteiger partial charge >= 0.3 is 0 Å². The van der Waals surface area contributed by atoms with Crippen LogP contribution in [0.5, 0.6) is 5.75 Å². The van der Waals surface area contributed by atoms with E-state index in [1.807, 2.05) is 24.3 Å². The van der Waals surface area contributed by atoms with E-state index in [4.69, 9.17) is 4.74 Å². The molecule has 1 heterocycles. The summed E-state index contributed by atoms with van der Waals surface area (Å²) >= 11 is 6.91. The molecular formula is C14H18Br2O3S. The zero-order valence-electron chi connectivity index (χ0n) is 11.1. The molecule has 20 heavy (non-hydrogen) atoms. The molecular weight excluding hydrogens is 408 g/mol. The van der Waals surface area contributed by atoms with Crippen LogP contribution in [0.2, 0.25) is 0 Å². The molecule has 0 amide bonds. The van der Waals surface area contributed by atoms with Gasteiger partial charge in [0, 0.05) is 9.80 Å². The fourth-order valence-electron chi connectivity index (χ4n) is 2.52. The van der Waals surface area contributed by atoms with Gasteiger partial charge in [0.1, 0.15) is 5.75 Å². The van der Waals surface area contributed by atoms with Gasteiger partial charge < -0.3 is 4.74 Å². The van der Waals surface area contributed by atoms with Crippen molar-refractivity contribution in [1.29, 1.82) is 0 Å². The number of benzene rings is 1. The molecule has 3 nitrogen and oxygen atoms in total. The zero-order valence-corrected chi connectivity index (χ0v) is 15.1. The van der Waals surface area contributed by atoms with E-state index in [0.717, 1.165) is 28.4 Å². The van der Waals surface area contributed by atoms with E-state index in [-0.39, 0.29) is 5.92 Å². The SMILES string of the molecule is O=S1(=O)CCC(C(CBr)CCOc2cccc(Br)c2)C1. The quantitative estimate of drug-likeness (QED) is 0.653. The molecule has 0 bridgehead atoms. The highest BCUT2D eigenvalue weighted by atomic mass is 79.9. The van der Waals surface area contributed by atoms with Crippen molar-refractivity contribution >= 4 is 41.7 Å². The third-order valence-corrected chi connectivity index (χ3v) is 6.80. The Balaban J connectivity index is 1.83.